The first-order valence-corrected chi connectivity index (χ1v) is 8.52. The summed E-state index contributed by atoms with van der Waals surface area (Å²) in [7, 11) is 0. The summed E-state index contributed by atoms with van der Waals surface area (Å²) in [5.74, 6) is -2.03. The molecule has 0 spiro atoms. The standard InChI is InChI=1S/C20H21NO4/c1-14-20(16-10-6-3-7-11-16)24-17(18(25-20)19(22)23)13-21(14)12-15-8-4-2-5-9-15/h2-11,14,17-18H,12-13H2,1H3,(H,22,23). The Morgan fingerprint density at radius 1 is 1.12 bits per heavy atom. The largest absolute Gasteiger partial charge is 0.479 e. The molecular weight excluding hydrogens is 318 g/mol. The lowest BCUT2D eigenvalue weighted by molar-refractivity contribution is -0.246. The van der Waals surface area contributed by atoms with E-state index >= 15 is 0 Å². The third kappa shape index (κ3) is 2.74. The number of hydrogen-bond donors (Lipinski definition) is 1. The van der Waals surface area contributed by atoms with Crippen LogP contribution in [0.2, 0.25) is 0 Å². The van der Waals surface area contributed by atoms with Gasteiger partial charge in [-0.2, -0.15) is 0 Å². The number of benzene rings is 2. The van der Waals surface area contributed by atoms with E-state index in [1.54, 1.807) is 0 Å². The quantitative estimate of drug-likeness (QED) is 0.928. The van der Waals surface area contributed by atoms with Crippen molar-refractivity contribution in [3.63, 3.8) is 0 Å². The van der Waals surface area contributed by atoms with Crippen LogP contribution in [-0.2, 0) is 26.6 Å². The van der Waals surface area contributed by atoms with Crippen molar-refractivity contribution in [2.75, 3.05) is 6.54 Å². The fraction of sp³-hybridized carbons (Fsp3) is 0.350. The number of hydrogen-bond acceptors (Lipinski definition) is 4. The number of fused-ring (bicyclic) bond motifs is 2. The zero-order valence-corrected chi connectivity index (χ0v) is 14.0. The smallest absolute Gasteiger partial charge is 0.335 e. The molecule has 2 saturated heterocycles. The van der Waals surface area contributed by atoms with Crippen LogP contribution < -0.4 is 0 Å². The lowest BCUT2D eigenvalue weighted by Gasteiger charge is -2.44. The summed E-state index contributed by atoms with van der Waals surface area (Å²) in [6.45, 7) is 3.30. The number of aliphatic carboxylic acids is 1. The lowest BCUT2D eigenvalue weighted by Crippen LogP contribution is -2.55. The van der Waals surface area contributed by atoms with Gasteiger partial charge >= 0.3 is 5.97 Å². The molecule has 25 heavy (non-hydrogen) atoms. The van der Waals surface area contributed by atoms with Crippen molar-refractivity contribution in [2.45, 2.75) is 37.5 Å². The molecule has 2 aliphatic heterocycles. The summed E-state index contributed by atoms with van der Waals surface area (Å²) >= 11 is 0. The van der Waals surface area contributed by atoms with Gasteiger partial charge in [-0.1, -0.05) is 60.7 Å². The minimum Gasteiger partial charge on any atom is -0.479 e. The highest BCUT2D eigenvalue weighted by Gasteiger charge is 2.60. The Morgan fingerprint density at radius 3 is 2.40 bits per heavy atom. The third-order valence-electron chi connectivity index (χ3n) is 5.13. The van der Waals surface area contributed by atoms with Gasteiger partial charge in [-0.05, 0) is 12.5 Å². The fourth-order valence-electron chi connectivity index (χ4n) is 3.82. The topological polar surface area (TPSA) is 59.0 Å². The van der Waals surface area contributed by atoms with Crippen LogP contribution in [0, 0.1) is 0 Å². The Kier molecular flexibility index (Phi) is 4.07. The highest BCUT2D eigenvalue weighted by Crippen LogP contribution is 2.46. The third-order valence-corrected chi connectivity index (χ3v) is 5.13. The number of carboxylic acid groups (broad SMARTS) is 1. The summed E-state index contributed by atoms with van der Waals surface area (Å²) in [5.41, 5.74) is 2.04. The Morgan fingerprint density at radius 2 is 1.76 bits per heavy atom. The maximum Gasteiger partial charge on any atom is 0.335 e. The van der Waals surface area contributed by atoms with Gasteiger partial charge in [-0.15, -0.1) is 0 Å². The van der Waals surface area contributed by atoms with E-state index in [-0.39, 0.29) is 6.04 Å². The van der Waals surface area contributed by atoms with E-state index in [2.05, 4.69) is 17.0 Å². The van der Waals surface area contributed by atoms with E-state index in [1.165, 1.54) is 5.56 Å². The summed E-state index contributed by atoms with van der Waals surface area (Å²) < 4.78 is 12.2. The molecule has 1 N–H and O–H groups in total. The Balaban J connectivity index is 1.70. The SMILES string of the molecule is CC1N(Cc2ccccc2)CC2OC1(c1ccccc1)OC2C(=O)O. The van der Waals surface area contributed by atoms with Gasteiger partial charge < -0.3 is 14.6 Å². The first-order valence-electron chi connectivity index (χ1n) is 8.52. The number of ether oxygens (including phenoxy) is 2. The molecule has 130 valence electrons. The molecule has 0 amide bonds. The van der Waals surface area contributed by atoms with E-state index in [0.29, 0.717) is 6.54 Å². The van der Waals surface area contributed by atoms with Crippen LogP contribution in [0.5, 0.6) is 0 Å². The maximum atomic E-state index is 11.7. The van der Waals surface area contributed by atoms with Gasteiger partial charge in [0.2, 0.25) is 5.79 Å². The second-order valence-electron chi connectivity index (χ2n) is 6.66. The Hall–Kier alpha value is -2.21. The fourth-order valence-corrected chi connectivity index (χ4v) is 3.82. The van der Waals surface area contributed by atoms with Gasteiger partial charge in [0, 0.05) is 18.7 Å². The van der Waals surface area contributed by atoms with Gasteiger partial charge in [0.1, 0.15) is 6.10 Å². The van der Waals surface area contributed by atoms with Crippen molar-refractivity contribution < 1.29 is 19.4 Å². The van der Waals surface area contributed by atoms with Crippen LogP contribution in [0.25, 0.3) is 0 Å². The van der Waals surface area contributed by atoms with Crippen LogP contribution in [0.4, 0.5) is 0 Å². The Labute approximate surface area is 146 Å². The normalized spacial score (nSPS) is 31.8. The summed E-state index contributed by atoms with van der Waals surface area (Å²) in [6, 6.07) is 19.7. The summed E-state index contributed by atoms with van der Waals surface area (Å²) in [5, 5.41) is 9.56. The molecular formula is C20H21NO4. The van der Waals surface area contributed by atoms with Crippen molar-refractivity contribution in [3.05, 3.63) is 71.8 Å². The first kappa shape index (κ1) is 16.3. The van der Waals surface area contributed by atoms with E-state index in [4.69, 9.17) is 9.47 Å². The van der Waals surface area contributed by atoms with Gasteiger partial charge in [-0.3, -0.25) is 4.90 Å². The first-order chi connectivity index (χ1) is 12.1. The number of carboxylic acids is 1. The van der Waals surface area contributed by atoms with E-state index in [0.717, 1.165) is 12.1 Å². The molecule has 0 radical (unpaired) electrons. The van der Waals surface area contributed by atoms with E-state index < -0.39 is 24.0 Å². The zero-order chi connectivity index (χ0) is 17.4. The molecule has 2 aromatic carbocycles. The van der Waals surface area contributed by atoms with Crippen LogP contribution in [-0.4, -0.2) is 40.8 Å². The number of morpholine rings is 1. The second kappa shape index (κ2) is 6.26. The molecule has 2 bridgehead atoms. The van der Waals surface area contributed by atoms with Crippen molar-refractivity contribution >= 4 is 5.97 Å². The summed E-state index contributed by atoms with van der Waals surface area (Å²) in [6.07, 6.45) is -1.44. The maximum absolute atomic E-state index is 11.7. The van der Waals surface area contributed by atoms with Crippen LogP contribution in [0.3, 0.4) is 0 Å². The van der Waals surface area contributed by atoms with E-state index in [9.17, 15) is 9.90 Å². The van der Waals surface area contributed by atoms with Gasteiger partial charge in [0.15, 0.2) is 6.10 Å². The molecule has 2 aromatic rings. The Bertz CT molecular complexity index is 751. The summed E-state index contributed by atoms with van der Waals surface area (Å²) in [4.78, 5) is 13.9. The molecule has 0 aromatic heterocycles. The van der Waals surface area contributed by atoms with Crippen LogP contribution in [0.15, 0.2) is 60.7 Å². The van der Waals surface area contributed by atoms with Gasteiger partial charge in [0.25, 0.3) is 0 Å². The van der Waals surface area contributed by atoms with Crippen molar-refractivity contribution in [1.82, 2.24) is 4.90 Å². The average molecular weight is 339 g/mol. The molecule has 4 atom stereocenters. The zero-order valence-electron chi connectivity index (χ0n) is 14.0. The van der Waals surface area contributed by atoms with Crippen molar-refractivity contribution in [1.29, 1.82) is 0 Å². The molecule has 2 heterocycles. The van der Waals surface area contributed by atoms with Gasteiger partial charge in [-0.25, -0.2) is 4.79 Å². The molecule has 4 unspecified atom stereocenters. The molecule has 2 aliphatic rings. The molecule has 0 aliphatic carbocycles. The number of rotatable bonds is 4. The highest BCUT2D eigenvalue weighted by molar-refractivity contribution is 5.73. The number of carbonyl (C=O) groups is 1. The molecule has 5 nitrogen and oxygen atoms in total. The predicted octanol–water partition coefficient (Wildman–Crippen LogP) is 2.61. The highest BCUT2D eigenvalue weighted by atomic mass is 16.8. The minimum absolute atomic E-state index is 0.115. The number of nitrogens with zero attached hydrogens (tertiary/aromatic N) is 1. The monoisotopic (exact) mass is 339 g/mol. The van der Waals surface area contributed by atoms with Crippen molar-refractivity contribution in [2.24, 2.45) is 0 Å². The lowest BCUT2D eigenvalue weighted by atomic mass is 9.95. The predicted molar refractivity (Wildman–Crippen MR) is 91.8 cm³/mol. The minimum atomic E-state index is -1.05. The van der Waals surface area contributed by atoms with E-state index in [1.807, 2.05) is 55.5 Å². The molecule has 0 saturated carbocycles. The molecule has 2 fully saturated rings. The van der Waals surface area contributed by atoms with Gasteiger partial charge in [0.05, 0.1) is 6.04 Å². The van der Waals surface area contributed by atoms with Crippen molar-refractivity contribution in [3.8, 4) is 0 Å². The average Bonchev–Trinajstić information content (AvgIpc) is 2.98. The van der Waals surface area contributed by atoms with Crippen LogP contribution in [0.1, 0.15) is 18.1 Å². The molecule has 5 heteroatoms. The van der Waals surface area contributed by atoms with Crippen LogP contribution >= 0.6 is 0 Å². The second-order valence-corrected chi connectivity index (χ2v) is 6.66. The molecule has 4 rings (SSSR count).